The Morgan fingerprint density at radius 2 is 2.17 bits per heavy atom. The van der Waals surface area contributed by atoms with Crippen molar-refractivity contribution in [3.63, 3.8) is 0 Å². The molecule has 1 aromatic carbocycles. The van der Waals surface area contributed by atoms with Crippen LogP contribution in [-0.4, -0.2) is 21.7 Å². The van der Waals surface area contributed by atoms with Gasteiger partial charge in [-0.15, -0.1) is 10.2 Å². The van der Waals surface area contributed by atoms with Gasteiger partial charge in [0, 0.05) is 22.2 Å². The van der Waals surface area contributed by atoms with E-state index >= 15 is 0 Å². The molecule has 1 aliphatic carbocycles. The van der Waals surface area contributed by atoms with Gasteiger partial charge in [-0.2, -0.15) is 5.26 Å². The molecule has 1 unspecified atom stereocenters. The molecule has 148 valence electrons. The van der Waals surface area contributed by atoms with E-state index in [-0.39, 0.29) is 5.78 Å². The van der Waals surface area contributed by atoms with Gasteiger partial charge in [-0.1, -0.05) is 64.2 Å². The van der Waals surface area contributed by atoms with Crippen LogP contribution >= 0.6 is 39.0 Å². The number of carbonyl (C=O) groups excluding carboxylic acids is 1. The van der Waals surface area contributed by atoms with Gasteiger partial charge in [0.15, 0.2) is 10.1 Å². The lowest BCUT2D eigenvalue weighted by molar-refractivity contribution is -0.116. The summed E-state index contributed by atoms with van der Waals surface area (Å²) in [5, 5.41) is 19.1. The largest absolute Gasteiger partial charge is 0.384 e. The number of halogens is 1. The van der Waals surface area contributed by atoms with Gasteiger partial charge in [-0.25, -0.2) is 0 Å². The summed E-state index contributed by atoms with van der Waals surface area (Å²) in [6.07, 6.45) is 1.93. The van der Waals surface area contributed by atoms with E-state index in [4.69, 9.17) is 5.73 Å². The molecular formula is C20H18BrN5OS2. The summed E-state index contributed by atoms with van der Waals surface area (Å²) in [5.74, 6) is 0.794. The van der Waals surface area contributed by atoms with Gasteiger partial charge in [0.05, 0.1) is 17.6 Å². The monoisotopic (exact) mass is 487 g/mol. The number of allylic oxidation sites excluding steroid dienone is 3. The first kappa shape index (κ1) is 20.1. The maximum Gasteiger partial charge on any atom is 0.219 e. The second-order valence-electron chi connectivity index (χ2n) is 6.62. The summed E-state index contributed by atoms with van der Waals surface area (Å²) in [7, 11) is 0. The molecule has 1 aliphatic heterocycles. The van der Waals surface area contributed by atoms with Crippen LogP contribution in [0, 0.1) is 11.3 Å². The average molecular weight is 488 g/mol. The molecule has 1 atom stereocenters. The topological polar surface area (TPSA) is 95.9 Å². The van der Waals surface area contributed by atoms with Crippen molar-refractivity contribution in [2.24, 2.45) is 5.73 Å². The number of nitrogens with two attached hydrogens (primary N) is 1. The zero-order chi connectivity index (χ0) is 20.5. The number of benzene rings is 1. The van der Waals surface area contributed by atoms with Gasteiger partial charge < -0.3 is 5.73 Å². The number of hydrogen-bond donors (Lipinski definition) is 1. The summed E-state index contributed by atoms with van der Waals surface area (Å²) in [6.45, 7) is 2.05. The van der Waals surface area contributed by atoms with Crippen molar-refractivity contribution < 1.29 is 4.79 Å². The minimum atomic E-state index is -0.480. The Balaban J connectivity index is 1.93. The zero-order valence-corrected chi connectivity index (χ0v) is 18.9. The maximum absolute atomic E-state index is 13.1. The van der Waals surface area contributed by atoms with Crippen LogP contribution < -0.4 is 10.6 Å². The minimum absolute atomic E-state index is 0.0601. The highest BCUT2D eigenvalue weighted by atomic mass is 79.9. The molecule has 4 rings (SSSR count). The Labute approximate surface area is 185 Å². The number of ketones is 1. The van der Waals surface area contributed by atoms with E-state index in [2.05, 4.69) is 39.1 Å². The molecule has 9 heteroatoms. The van der Waals surface area contributed by atoms with Crippen molar-refractivity contribution in [2.75, 3.05) is 10.7 Å². The molecule has 2 heterocycles. The first-order valence-corrected chi connectivity index (χ1v) is 11.8. The molecule has 0 bridgehead atoms. The van der Waals surface area contributed by atoms with Crippen molar-refractivity contribution in [2.45, 2.75) is 36.4 Å². The van der Waals surface area contributed by atoms with Crippen molar-refractivity contribution in [3.05, 3.63) is 57.0 Å². The van der Waals surface area contributed by atoms with Gasteiger partial charge in [0.2, 0.25) is 5.13 Å². The molecule has 0 saturated carbocycles. The van der Waals surface area contributed by atoms with E-state index in [1.54, 1.807) is 16.7 Å². The molecule has 2 aliphatic rings. The highest BCUT2D eigenvalue weighted by Gasteiger charge is 2.41. The van der Waals surface area contributed by atoms with Crippen LogP contribution in [0.5, 0.6) is 0 Å². The quantitative estimate of drug-likeness (QED) is 0.623. The lowest BCUT2D eigenvalue weighted by Gasteiger charge is -2.38. The summed E-state index contributed by atoms with van der Waals surface area (Å²) >= 11 is 6.61. The number of thioether (sulfide) groups is 1. The molecule has 0 spiro atoms. The number of aromatic nitrogens is 2. The predicted octanol–water partition coefficient (Wildman–Crippen LogP) is 4.72. The van der Waals surface area contributed by atoms with E-state index in [9.17, 15) is 10.1 Å². The number of nitriles is 1. The first-order valence-electron chi connectivity index (χ1n) is 9.23. The van der Waals surface area contributed by atoms with Crippen LogP contribution in [0.15, 0.2) is 55.7 Å². The molecule has 2 aromatic rings. The Morgan fingerprint density at radius 3 is 2.90 bits per heavy atom. The molecule has 2 N–H and O–H groups in total. The number of Topliss-reactive ketones (excluding diaryl/α,β-unsaturated/α-hetero) is 1. The highest BCUT2D eigenvalue weighted by Crippen LogP contribution is 2.48. The highest BCUT2D eigenvalue weighted by molar-refractivity contribution is 9.10. The fraction of sp³-hybridized carbons (Fsp3) is 0.300. The first-order chi connectivity index (χ1) is 14.1. The van der Waals surface area contributed by atoms with Crippen LogP contribution in [0.3, 0.4) is 0 Å². The summed E-state index contributed by atoms with van der Waals surface area (Å²) in [5.41, 5.74) is 9.25. The Bertz CT molecular complexity index is 1080. The van der Waals surface area contributed by atoms with Crippen molar-refractivity contribution in [1.82, 2.24) is 10.2 Å². The molecule has 0 amide bonds. The van der Waals surface area contributed by atoms with E-state index < -0.39 is 5.92 Å². The third-order valence-corrected chi connectivity index (χ3v) is 7.63. The van der Waals surface area contributed by atoms with Gasteiger partial charge in [0.1, 0.15) is 5.82 Å². The van der Waals surface area contributed by atoms with Gasteiger partial charge in [0.25, 0.3) is 0 Å². The lowest BCUT2D eigenvalue weighted by Crippen LogP contribution is -2.38. The number of nitrogens with zero attached hydrogens (tertiary/aromatic N) is 4. The van der Waals surface area contributed by atoms with Crippen LogP contribution in [-0.2, 0) is 4.79 Å². The number of rotatable bonds is 4. The average Bonchev–Trinajstić information content (AvgIpc) is 3.16. The molecule has 29 heavy (non-hydrogen) atoms. The molecule has 0 saturated heterocycles. The van der Waals surface area contributed by atoms with E-state index in [1.165, 1.54) is 11.3 Å². The molecule has 0 fully saturated rings. The minimum Gasteiger partial charge on any atom is -0.384 e. The van der Waals surface area contributed by atoms with Crippen LogP contribution in [0.25, 0.3) is 0 Å². The predicted molar refractivity (Wildman–Crippen MR) is 118 cm³/mol. The lowest BCUT2D eigenvalue weighted by atomic mass is 9.76. The van der Waals surface area contributed by atoms with Gasteiger partial charge in [-0.3, -0.25) is 9.69 Å². The molecule has 6 nitrogen and oxygen atoms in total. The van der Waals surface area contributed by atoms with Crippen LogP contribution in [0.4, 0.5) is 5.13 Å². The standard InChI is InChI=1S/C20H18BrN5OS2/c1-2-28-20-25-24-19(29-20)26-14-8-5-9-15(27)17(14)16(12(10-22)18(26)23)11-6-3-4-7-13(11)21/h3-4,6-7,16H,2,5,8-9,23H2,1H3. The van der Waals surface area contributed by atoms with E-state index in [1.807, 2.05) is 24.3 Å². The summed E-state index contributed by atoms with van der Waals surface area (Å²) < 4.78 is 1.69. The number of anilines is 1. The Kier molecular flexibility index (Phi) is 5.76. The van der Waals surface area contributed by atoms with Gasteiger partial charge in [-0.05, 0) is 30.2 Å². The third-order valence-electron chi connectivity index (χ3n) is 4.98. The Morgan fingerprint density at radius 1 is 1.38 bits per heavy atom. The van der Waals surface area contributed by atoms with Crippen LogP contribution in [0.1, 0.15) is 37.7 Å². The second kappa shape index (κ2) is 8.30. The fourth-order valence-electron chi connectivity index (χ4n) is 3.80. The van der Waals surface area contributed by atoms with Crippen molar-refractivity contribution in [3.8, 4) is 6.07 Å². The Hall–Kier alpha value is -2.15. The van der Waals surface area contributed by atoms with E-state index in [0.29, 0.717) is 34.9 Å². The SMILES string of the molecule is CCSc1nnc(N2C(N)=C(C#N)C(c3ccccc3Br)C3=C2CCCC3=O)s1. The van der Waals surface area contributed by atoms with Gasteiger partial charge >= 0.3 is 0 Å². The number of carbonyl (C=O) groups is 1. The zero-order valence-electron chi connectivity index (χ0n) is 15.7. The number of hydrogen-bond acceptors (Lipinski definition) is 8. The fourth-order valence-corrected chi connectivity index (χ4v) is 6.09. The molecular weight excluding hydrogens is 470 g/mol. The normalized spacial score (nSPS) is 19.4. The van der Waals surface area contributed by atoms with Crippen LogP contribution in [0.2, 0.25) is 0 Å². The molecule has 0 radical (unpaired) electrons. The summed E-state index contributed by atoms with van der Waals surface area (Å²) in [4.78, 5) is 14.8. The summed E-state index contributed by atoms with van der Waals surface area (Å²) in [6, 6.07) is 9.94. The van der Waals surface area contributed by atoms with E-state index in [0.717, 1.165) is 32.2 Å². The second-order valence-corrected chi connectivity index (χ2v) is 9.94. The maximum atomic E-state index is 13.1. The van der Waals surface area contributed by atoms with Crippen molar-refractivity contribution in [1.29, 1.82) is 5.26 Å². The smallest absolute Gasteiger partial charge is 0.219 e. The third kappa shape index (κ3) is 3.50. The van der Waals surface area contributed by atoms with Crippen molar-refractivity contribution >= 4 is 49.9 Å². The molecule has 1 aromatic heterocycles.